The van der Waals surface area contributed by atoms with Crippen molar-refractivity contribution >= 4 is 0 Å². The Balaban J connectivity index is 2.57. The summed E-state index contributed by atoms with van der Waals surface area (Å²) < 4.78 is 0. The normalized spacial score (nSPS) is 19.0. The molecule has 0 bridgehead atoms. The van der Waals surface area contributed by atoms with E-state index in [-0.39, 0.29) is 13.1 Å². The van der Waals surface area contributed by atoms with Crippen LogP contribution in [0.15, 0.2) is 15.7 Å². The van der Waals surface area contributed by atoms with E-state index < -0.39 is 6.04 Å². The molecular formula is C3H6N6O3. The summed E-state index contributed by atoms with van der Waals surface area (Å²) in [6.07, 6.45) is 0. The van der Waals surface area contributed by atoms with Crippen molar-refractivity contribution < 1.29 is 0 Å². The standard InChI is InChI=1S/C3H6N6O3/c10-4-3-1-8(6-11)5-9(2-3)7-12/h3,5H,1-2H2. The molecule has 1 saturated heterocycles. The van der Waals surface area contributed by atoms with Gasteiger partial charge in [0.15, 0.2) is 0 Å². The van der Waals surface area contributed by atoms with Crippen LogP contribution >= 0.6 is 0 Å². The van der Waals surface area contributed by atoms with Crippen molar-refractivity contribution in [1.29, 1.82) is 0 Å². The van der Waals surface area contributed by atoms with Gasteiger partial charge in [-0.05, 0) is 0 Å². The van der Waals surface area contributed by atoms with E-state index in [1.165, 1.54) is 0 Å². The lowest BCUT2D eigenvalue weighted by Gasteiger charge is -2.29. The number of hydrogen-bond donors (Lipinski definition) is 1. The van der Waals surface area contributed by atoms with Crippen molar-refractivity contribution in [3.8, 4) is 0 Å². The van der Waals surface area contributed by atoms with Gasteiger partial charge in [-0.3, -0.25) is 0 Å². The third kappa shape index (κ3) is 1.69. The van der Waals surface area contributed by atoms with Gasteiger partial charge in [-0.15, -0.1) is 15.3 Å². The van der Waals surface area contributed by atoms with Crippen LogP contribution in [0.3, 0.4) is 0 Å². The molecule has 0 aromatic carbocycles. The molecule has 1 heterocycles. The predicted octanol–water partition coefficient (Wildman–Crippen LogP) is -0.479. The van der Waals surface area contributed by atoms with Gasteiger partial charge in [-0.2, -0.15) is 15.1 Å². The molecule has 12 heavy (non-hydrogen) atoms. The molecule has 0 saturated carbocycles. The second-order valence-electron chi connectivity index (χ2n) is 2.19. The Labute approximate surface area is 66.5 Å². The number of nitrogens with zero attached hydrogens (tertiary/aromatic N) is 5. The van der Waals surface area contributed by atoms with Gasteiger partial charge in [-0.1, -0.05) is 5.18 Å². The number of nitrogens with one attached hydrogen (secondary N) is 1. The Morgan fingerprint density at radius 1 is 1.08 bits per heavy atom. The first kappa shape index (κ1) is 8.46. The Morgan fingerprint density at radius 3 is 1.92 bits per heavy atom. The van der Waals surface area contributed by atoms with Crippen LogP contribution < -0.4 is 5.53 Å². The van der Waals surface area contributed by atoms with Crippen molar-refractivity contribution in [2.75, 3.05) is 13.1 Å². The summed E-state index contributed by atoms with van der Waals surface area (Å²) in [6, 6.07) is -0.679. The summed E-state index contributed by atoms with van der Waals surface area (Å²) in [6.45, 7) is 0.0814. The average molecular weight is 174 g/mol. The van der Waals surface area contributed by atoms with Crippen molar-refractivity contribution in [1.82, 2.24) is 15.8 Å². The van der Waals surface area contributed by atoms with E-state index in [0.717, 1.165) is 10.2 Å². The molecule has 0 unspecified atom stereocenters. The molecule has 0 aliphatic carbocycles. The Kier molecular flexibility index (Phi) is 2.58. The van der Waals surface area contributed by atoms with Crippen LogP contribution in [0.5, 0.6) is 0 Å². The maximum Gasteiger partial charge on any atom is 0.134 e. The predicted molar refractivity (Wildman–Crippen MR) is 37.7 cm³/mol. The highest BCUT2D eigenvalue weighted by Crippen LogP contribution is 2.04. The quantitative estimate of drug-likeness (QED) is 0.579. The highest BCUT2D eigenvalue weighted by molar-refractivity contribution is 4.74. The van der Waals surface area contributed by atoms with E-state index in [9.17, 15) is 14.7 Å². The van der Waals surface area contributed by atoms with Gasteiger partial charge in [-0.25, -0.2) is 0 Å². The second kappa shape index (κ2) is 3.67. The SMILES string of the molecule is O=NC1CN(N=O)NN(N=O)C1. The number of nitroso groups, excluding NO2 is 3. The van der Waals surface area contributed by atoms with Gasteiger partial charge in [0.1, 0.15) is 6.04 Å². The van der Waals surface area contributed by atoms with Crippen molar-refractivity contribution in [2.45, 2.75) is 6.04 Å². The van der Waals surface area contributed by atoms with Crippen LogP contribution in [0.25, 0.3) is 0 Å². The zero-order valence-corrected chi connectivity index (χ0v) is 5.95. The van der Waals surface area contributed by atoms with Crippen molar-refractivity contribution in [3.05, 3.63) is 14.7 Å². The fourth-order valence-electron chi connectivity index (χ4n) is 0.842. The van der Waals surface area contributed by atoms with Crippen LogP contribution in [0, 0.1) is 14.7 Å². The topological polar surface area (TPSA) is 107 Å². The molecule has 0 aromatic heterocycles. The fraction of sp³-hybridized carbons (Fsp3) is 1.00. The molecule has 0 amide bonds. The highest BCUT2D eigenvalue weighted by Gasteiger charge is 2.25. The first-order valence-electron chi connectivity index (χ1n) is 3.10. The Hall–Kier alpha value is -1.64. The van der Waals surface area contributed by atoms with Gasteiger partial charge in [0.05, 0.1) is 23.7 Å². The van der Waals surface area contributed by atoms with E-state index in [2.05, 4.69) is 21.3 Å². The smallest absolute Gasteiger partial charge is 0.134 e. The second-order valence-corrected chi connectivity index (χ2v) is 2.19. The largest absolute Gasteiger partial charge is 0.171 e. The lowest BCUT2D eigenvalue weighted by Crippen LogP contribution is -2.55. The minimum atomic E-state index is -0.679. The van der Waals surface area contributed by atoms with Crippen LogP contribution in [-0.2, 0) is 0 Å². The highest BCUT2D eigenvalue weighted by atomic mass is 16.3. The van der Waals surface area contributed by atoms with E-state index >= 15 is 0 Å². The zero-order chi connectivity index (χ0) is 8.97. The van der Waals surface area contributed by atoms with Crippen LogP contribution in [0.2, 0.25) is 0 Å². The fourth-order valence-corrected chi connectivity index (χ4v) is 0.842. The Bertz CT molecular complexity index is 157. The maximum atomic E-state index is 10.1. The van der Waals surface area contributed by atoms with E-state index in [1.54, 1.807) is 0 Å². The molecule has 1 N–H and O–H groups in total. The number of rotatable bonds is 3. The first-order valence-corrected chi connectivity index (χ1v) is 3.10. The maximum absolute atomic E-state index is 10.1. The first-order chi connectivity index (χ1) is 5.80. The number of hydrogen-bond acceptors (Lipinski definition) is 7. The van der Waals surface area contributed by atoms with Gasteiger partial charge in [0, 0.05) is 0 Å². The van der Waals surface area contributed by atoms with Crippen LogP contribution in [0.1, 0.15) is 0 Å². The summed E-state index contributed by atoms with van der Waals surface area (Å²) in [5, 5.41) is 9.18. The minimum absolute atomic E-state index is 0.0407. The molecule has 1 fully saturated rings. The summed E-state index contributed by atoms with van der Waals surface area (Å²) in [5.41, 5.74) is 2.23. The molecule has 0 aromatic rings. The summed E-state index contributed by atoms with van der Waals surface area (Å²) in [5.74, 6) is 0. The number of hydrazine groups is 2. The van der Waals surface area contributed by atoms with Crippen LogP contribution in [-0.4, -0.2) is 29.4 Å². The average Bonchev–Trinajstić information content (AvgIpc) is 2.16. The molecule has 9 heteroatoms. The van der Waals surface area contributed by atoms with Crippen molar-refractivity contribution in [2.24, 2.45) is 15.7 Å². The minimum Gasteiger partial charge on any atom is -0.171 e. The zero-order valence-electron chi connectivity index (χ0n) is 5.95. The van der Waals surface area contributed by atoms with Gasteiger partial charge in [0.25, 0.3) is 0 Å². The lowest BCUT2D eigenvalue weighted by molar-refractivity contribution is -0.0245. The summed E-state index contributed by atoms with van der Waals surface area (Å²) >= 11 is 0. The molecule has 66 valence electrons. The van der Waals surface area contributed by atoms with Crippen LogP contribution in [0.4, 0.5) is 0 Å². The third-order valence-corrected chi connectivity index (χ3v) is 1.34. The third-order valence-electron chi connectivity index (χ3n) is 1.34. The van der Waals surface area contributed by atoms with E-state index in [4.69, 9.17) is 0 Å². The molecule has 1 aliphatic rings. The molecule has 0 spiro atoms. The molecule has 0 atom stereocenters. The van der Waals surface area contributed by atoms with Gasteiger partial charge in [0.2, 0.25) is 0 Å². The Morgan fingerprint density at radius 2 is 1.58 bits per heavy atom. The lowest BCUT2D eigenvalue weighted by atomic mass is 10.3. The molecular weight excluding hydrogens is 168 g/mol. The summed E-state index contributed by atoms with van der Waals surface area (Å²) in [4.78, 5) is 30.0. The molecule has 1 aliphatic heterocycles. The molecule has 0 radical (unpaired) electrons. The van der Waals surface area contributed by atoms with E-state index in [0.29, 0.717) is 0 Å². The summed E-state index contributed by atoms with van der Waals surface area (Å²) in [7, 11) is 0. The molecule has 9 nitrogen and oxygen atoms in total. The van der Waals surface area contributed by atoms with Gasteiger partial charge >= 0.3 is 0 Å². The van der Waals surface area contributed by atoms with Gasteiger partial charge < -0.3 is 0 Å². The van der Waals surface area contributed by atoms with E-state index in [1.807, 2.05) is 0 Å². The molecule has 1 rings (SSSR count). The monoisotopic (exact) mass is 174 g/mol. The van der Waals surface area contributed by atoms with Crippen molar-refractivity contribution in [3.63, 3.8) is 0 Å².